The van der Waals surface area contributed by atoms with Crippen molar-refractivity contribution in [3.63, 3.8) is 0 Å². The molecule has 0 radical (unpaired) electrons. The largest absolute Gasteiger partial charge is 0.398 e. The fourth-order valence-corrected chi connectivity index (χ4v) is 1.65. The second-order valence-electron chi connectivity index (χ2n) is 3.30. The van der Waals surface area contributed by atoms with Crippen LogP contribution in [-0.4, -0.2) is 0 Å². The van der Waals surface area contributed by atoms with Gasteiger partial charge in [-0.1, -0.05) is 18.2 Å². The van der Waals surface area contributed by atoms with Crippen LogP contribution in [0.15, 0.2) is 30.3 Å². The average molecular weight is 172 g/mol. The predicted octanol–water partition coefficient (Wildman–Crippen LogP) is 2.31. The van der Waals surface area contributed by atoms with Crippen LogP contribution in [0.4, 0.5) is 11.4 Å². The molecule has 0 aliphatic rings. The monoisotopic (exact) mass is 172 g/mol. The number of hydrogen-bond donors (Lipinski definition) is 2. The van der Waals surface area contributed by atoms with Gasteiger partial charge in [0, 0.05) is 16.8 Å². The number of aryl methyl sites for hydroxylation is 1. The minimum Gasteiger partial charge on any atom is -0.398 e. The molecule has 0 aliphatic carbocycles. The normalized spacial score (nSPS) is 10.5. The molecule has 2 heteroatoms. The van der Waals surface area contributed by atoms with E-state index in [2.05, 4.69) is 6.07 Å². The minimum absolute atomic E-state index is 0.745. The Morgan fingerprint density at radius 3 is 2.54 bits per heavy atom. The van der Waals surface area contributed by atoms with Gasteiger partial charge in [0.25, 0.3) is 0 Å². The van der Waals surface area contributed by atoms with Crippen LogP contribution in [0.25, 0.3) is 10.8 Å². The molecule has 2 aromatic carbocycles. The molecule has 0 heterocycles. The molecule has 0 amide bonds. The van der Waals surface area contributed by atoms with Gasteiger partial charge in [0.2, 0.25) is 0 Å². The summed E-state index contributed by atoms with van der Waals surface area (Å²) >= 11 is 0. The Morgan fingerprint density at radius 2 is 1.77 bits per heavy atom. The lowest BCUT2D eigenvalue weighted by Crippen LogP contribution is -1.93. The van der Waals surface area contributed by atoms with E-state index in [0.717, 1.165) is 27.7 Å². The van der Waals surface area contributed by atoms with Crippen LogP contribution >= 0.6 is 0 Å². The Labute approximate surface area is 77.2 Å². The first-order valence-corrected chi connectivity index (χ1v) is 4.23. The van der Waals surface area contributed by atoms with Gasteiger partial charge in [-0.3, -0.25) is 0 Å². The zero-order chi connectivity index (χ0) is 9.42. The van der Waals surface area contributed by atoms with Gasteiger partial charge in [0.05, 0.1) is 0 Å². The number of hydrogen-bond acceptors (Lipinski definition) is 2. The van der Waals surface area contributed by atoms with Gasteiger partial charge >= 0.3 is 0 Å². The highest BCUT2D eigenvalue weighted by molar-refractivity contribution is 6.01. The maximum atomic E-state index is 5.88. The lowest BCUT2D eigenvalue weighted by Gasteiger charge is -2.06. The van der Waals surface area contributed by atoms with Gasteiger partial charge in [-0.25, -0.2) is 0 Å². The maximum Gasteiger partial charge on any atom is 0.0417 e. The van der Waals surface area contributed by atoms with Gasteiger partial charge < -0.3 is 11.5 Å². The van der Waals surface area contributed by atoms with Crippen molar-refractivity contribution >= 4 is 22.1 Å². The molecule has 2 aromatic rings. The highest BCUT2D eigenvalue weighted by atomic mass is 14.6. The first-order valence-electron chi connectivity index (χ1n) is 4.23. The Kier molecular flexibility index (Phi) is 1.62. The summed E-state index contributed by atoms with van der Waals surface area (Å²) in [6, 6.07) is 9.86. The van der Waals surface area contributed by atoms with E-state index >= 15 is 0 Å². The first-order chi connectivity index (χ1) is 6.18. The van der Waals surface area contributed by atoms with Gasteiger partial charge in [-0.15, -0.1) is 0 Å². The molecule has 0 aromatic heterocycles. The summed E-state index contributed by atoms with van der Waals surface area (Å²) in [7, 11) is 0. The Balaban J connectivity index is 2.94. The van der Waals surface area contributed by atoms with Gasteiger partial charge in [0.1, 0.15) is 0 Å². The van der Waals surface area contributed by atoms with Crippen LogP contribution in [0.3, 0.4) is 0 Å². The van der Waals surface area contributed by atoms with Crippen LogP contribution in [0, 0.1) is 6.92 Å². The summed E-state index contributed by atoms with van der Waals surface area (Å²) in [5.41, 5.74) is 14.4. The standard InChI is InChI=1S/C11H12N2/c1-7-5-8-3-2-4-9(12)11(8)10(13)6-7/h2-6H,12-13H2,1H3. The van der Waals surface area contributed by atoms with E-state index in [9.17, 15) is 0 Å². The summed E-state index contributed by atoms with van der Waals surface area (Å²) in [5.74, 6) is 0. The molecule has 2 nitrogen and oxygen atoms in total. The molecule has 2 rings (SSSR count). The lowest BCUT2D eigenvalue weighted by molar-refractivity contribution is 1.50. The van der Waals surface area contributed by atoms with E-state index < -0.39 is 0 Å². The molecule has 0 fully saturated rings. The maximum absolute atomic E-state index is 5.88. The lowest BCUT2D eigenvalue weighted by atomic mass is 10.0. The van der Waals surface area contributed by atoms with Crippen LogP contribution in [0.1, 0.15) is 5.56 Å². The van der Waals surface area contributed by atoms with Crippen molar-refractivity contribution in [2.75, 3.05) is 11.5 Å². The van der Waals surface area contributed by atoms with Crippen molar-refractivity contribution in [2.24, 2.45) is 0 Å². The van der Waals surface area contributed by atoms with E-state index in [1.165, 1.54) is 0 Å². The summed E-state index contributed by atoms with van der Waals surface area (Å²) in [6.45, 7) is 2.03. The molecule has 0 atom stereocenters. The average Bonchev–Trinajstić information content (AvgIpc) is 2.02. The van der Waals surface area contributed by atoms with E-state index in [-0.39, 0.29) is 0 Å². The van der Waals surface area contributed by atoms with E-state index in [0.29, 0.717) is 0 Å². The third-order valence-electron chi connectivity index (χ3n) is 2.18. The third kappa shape index (κ3) is 1.20. The summed E-state index contributed by atoms with van der Waals surface area (Å²) in [6.07, 6.45) is 0. The van der Waals surface area contributed by atoms with Crippen LogP contribution < -0.4 is 11.5 Å². The van der Waals surface area contributed by atoms with Crippen molar-refractivity contribution in [1.29, 1.82) is 0 Å². The minimum atomic E-state index is 0.745. The van der Waals surface area contributed by atoms with Crippen LogP contribution in [0.2, 0.25) is 0 Å². The van der Waals surface area contributed by atoms with Crippen LogP contribution in [-0.2, 0) is 0 Å². The SMILES string of the molecule is Cc1cc(N)c2c(N)cccc2c1. The number of nitrogens with two attached hydrogens (primary N) is 2. The van der Waals surface area contributed by atoms with E-state index in [1.807, 2.05) is 31.2 Å². The van der Waals surface area contributed by atoms with Gasteiger partial charge in [-0.05, 0) is 30.0 Å². The van der Waals surface area contributed by atoms with Crippen molar-refractivity contribution in [3.05, 3.63) is 35.9 Å². The zero-order valence-electron chi connectivity index (χ0n) is 7.54. The quantitative estimate of drug-likeness (QED) is 0.599. The van der Waals surface area contributed by atoms with E-state index in [4.69, 9.17) is 11.5 Å². The molecule has 0 unspecified atom stereocenters. The fourth-order valence-electron chi connectivity index (χ4n) is 1.65. The third-order valence-corrected chi connectivity index (χ3v) is 2.18. The van der Waals surface area contributed by atoms with Crippen LogP contribution in [0.5, 0.6) is 0 Å². The van der Waals surface area contributed by atoms with Crippen molar-refractivity contribution in [2.45, 2.75) is 6.92 Å². The molecule has 13 heavy (non-hydrogen) atoms. The molecule has 0 bridgehead atoms. The summed E-state index contributed by atoms with van der Waals surface area (Å²) < 4.78 is 0. The number of nitrogen functional groups attached to an aromatic ring is 2. The fraction of sp³-hybridized carbons (Fsp3) is 0.0909. The van der Waals surface area contributed by atoms with Crippen molar-refractivity contribution in [3.8, 4) is 0 Å². The topological polar surface area (TPSA) is 52.0 Å². The first kappa shape index (κ1) is 7.92. The number of fused-ring (bicyclic) bond motifs is 1. The molecular formula is C11H12N2. The van der Waals surface area contributed by atoms with Gasteiger partial charge in [0.15, 0.2) is 0 Å². The van der Waals surface area contributed by atoms with Crippen molar-refractivity contribution in [1.82, 2.24) is 0 Å². The predicted molar refractivity (Wildman–Crippen MR) is 57.5 cm³/mol. The molecule has 4 N–H and O–H groups in total. The number of benzene rings is 2. The number of rotatable bonds is 0. The van der Waals surface area contributed by atoms with Gasteiger partial charge in [-0.2, -0.15) is 0 Å². The smallest absolute Gasteiger partial charge is 0.0417 e. The molecule has 0 spiro atoms. The van der Waals surface area contributed by atoms with E-state index in [1.54, 1.807) is 0 Å². The Bertz CT molecular complexity index is 461. The number of anilines is 2. The molecule has 0 aliphatic heterocycles. The second kappa shape index (κ2) is 2.66. The highest BCUT2D eigenvalue weighted by Gasteiger charge is 2.01. The molecule has 0 saturated carbocycles. The molecule has 66 valence electrons. The Morgan fingerprint density at radius 1 is 1.00 bits per heavy atom. The Hall–Kier alpha value is -1.70. The summed E-state index contributed by atoms with van der Waals surface area (Å²) in [4.78, 5) is 0. The zero-order valence-corrected chi connectivity index (χ0v) is 7.54. The molecule has 0 saturated heterocycles. The molecular weight excluding hydrogens is 160 g/mol. The summed E-state index contributed by atoms with van der Waals surface area (Å²) in [5, 5.41) is 2.07. The van der Waals surface area contributed by atoms with Crippen molar-refractivity contribution < 1.29 is 0 Å². The second-order valence-corrected chi connectivity index (χ2v) is 3.30. The highest BCUT2D eigenvalue weighted by Crippen LogP contribution is 2.27.